The Balaban J connectivity index is 1.71. The number of likely N-dealkylation sites (tertiary alicyclic amines) is 1. The van der Waals surface area contributed by atoms with Crippen molar-refractivity contribution in [2.75, 3.05) is 13.3 Å². The number of ether oxygens (including phenoxy) is 2. The van der Waals surface area contributed by atoms with Gasteiger partial charge in [-0.1, -0.05) is 13.0 Å². The average Bonchev–Trinajstić information content (AvgIpc) is 3.05. The van der Waals surface area contributed by atoms with Crippen molar-refractivity contribution in [1.29, 1.82) is 0 Å². The number of fused-ring (bicyclic) bond motifs is 1. The van der Waals surface area contributed by atoms with Crippen molar-refractivity contribution in [3.63, 3.8) is 0 Å². The van der Waals surface area contributed by atoms with Gasteiger partial charge in [-0.25, -0.2) is 0 Å². The lowest BCUT2D eigenvalue weighted by Gasteiger charge is -2.30. The number of hydrogen-bond donors (Lipinski definition) is 1. The van der Waals surface area contributed by atoms with Crippen molar-refractivity contribution >= 4 is 0 Å². The van der Waals surface area contributed by atoms with Crippen molar-refractivity contribution in [3.8, 4) is 11.5 Å². The van der Waals surface area contributed by atoms with Gasteiger partial charge < -0.3 is 14.6 Å². The highest BCUT2D eigenvalue weighted by atomic mass is 16.7. The maximum atomic E-state index is 10.5. The minimum Gasteiger partial charge on any atom is -0.454 e. The third-order valence-corrected chi connectivity index (χ3v) is 4.59. The Kier molecular flexibility index (Phi) is 3.85. The van der Waals surface area contributed by atoms with Crippen LogP contribution in [0.5, 0.6) is 11.5 Å². The molecule has 0 radical (unpaired) electrons. The van der Waals surface area contributed by atoms with Crippen LogP contribution in [0.15, 0.2) is 18.2 Å². The molecule has 2 heterocycles. The first-order valence-corrected chi connectivity index (χ1v) is 7.52. The molecular weight excluding hydrogens is 254 g/mol. The van der Waals surface area contributed by atoms with E-state index in [0.29, 0.717) is 18.6 Å². The second-order valence-electron chi connectivity index (χ2n) is 5.81. The molecule has 0 amide bonds. The van der Waals surface area contributed by atoms with Crippen molar-refractivity contribution in [3.05, 3.63) is 23.8 Å². The fourth-order valence-corrected chi connectivity index (χ4v) is 3.32. The fourth-order valence-electron chi connectivity index (χ4n) is 3.32. The highest BCUT2D eigenvalue weighted by molar-refractivity contribution is 5.45. The maximum Gasteiger partial charge on any atom is 0.231 e. The van der Waals surface area contributed by atoms with Crippen molar-refractivity contribution in [1.82, 2.24) is 4.90 Å². The van der Waals surface area contributed by atoms with Crippen LogP contribution in [0.2, 0.25) is 0 Å². The van der Waals surface area contributed by atoms with Gasteiger partial charge in [0.2, 0.25) is 6.79 Å². The minimum atomic E-state index is -0.473. The summed E-state index contributed by atoms with van der Waals surface area (Å²) in [4.78, 5) is 2.44. The molecule has 1 aromatic rings. The Morgan fingerprint density at radius 1 is 1.30 bits per heavy atom. The monoisotopic (exact) mass is 277 g/mol. The summed E-state index contributed by atoms with van der Waals surface area (Å²) < 4.78 is 10.7. The van der Waals surface area contributed by atoms with E-state index in [0.717, 1.165) is 23.5 Å². The van der Waals surface area contributed by atoms with Crippen LogP contribution in [0, 0.1) is 0 Å². The van der Waals surface area contributed by atoms with E-state index >= 15 is 0 Å². The van der Waals surface area contributed by atoms with Gasteiger partial charge in [0.15, 0.2) is 11.5 Å². The first-order valence-electron chi connectivity index (χ1n) is 7.52. The number of aliphatic hydroxyl groups excluding tert-OH is 1. The van der Waals surface area contributed by atoms with E-state index in [-0.39, 0.29) is 6.79 Å². The molecule has 1 aromatic carbocycles. The van der Waals surface area contributed by atoms with Gasteiger partial charge in [-0.3, -0.25) is 4.90 Å². The molecule has 3 atom stereocenters. The molecule has 20 heavy (non-hydrogen) atoms. The Hall–Kier alpha value is -1.26. The van der Waals surface area contributed by atoms with Gasteiger partial charge in [0.1, 0.15) is 0 Å². The molecule has 0 saturated carbocycles. The lowest BCUT2D eigenvalue weighted by Crippen LogP contribution is -2.37. The zero-order valence-electron chi connectivity index (χ0n) is 12.2. The SMILES string of the molecule is CCC1CCC(C)N1CC(O)c1ccc2c(c1)OCO2. The van der Waals surface area contributed by atoms with E-state index in [4.69, 9.17) is 9.47 Å². The van der Waals surface area contributed by atoms with E-state index in [1.54, 1.807) is 0 Å². The quantitative estimate of drug-likeness (QED) is 0.919. The molecule has 2 aliphatic heterocycles. The van der Waals surface area contributed by atoms with Crippen LogP contribution >= 0.6 is 0 Å². The standard InChI is InChI=1S/C16H23NO3/c1-3-13-6-4-11(2)17(13)9-14(18)12-5-7-15-16(8-12)20-10-19-15/h5,7-8,11,13-14,18H,3-4,6,9-10H2,1-2H3. The van der Waals surface area contributed by atoms with Crippen LogP contribution < -0.4 is 9.47 Å². The second-order valence-corrected chi connectivity index (χ2v) is 5.81. The summed E-state index contributed by atoms with van der Waals surface area (Å²) in [6.45, 7) is 5.44. The van der Waals surface area contributed by atoms with Gasteiger partial charge in [-0.2, -0.15) is 0 Å². The molecule has 0 spiro atoms. The van der Waals surface area contributed by atoms with Crippen molar-refractivity contribution in [2.24, 2.45) is 0 Å². The van der Waals surface area contributed by atoms with E-state index in [1.807, 2.05) is 18.2 Å². The Bertz CT molecular complexity index is 477. The highest BCUT2D eigenvalue weighted by Gasteiger charge is 2.31. The number of nitrogens with zero attached hydrogens (tertiary/aromatic N) is 1. The highest BCUT2D eigenvalue weighted by Crippen LogP contribution is 2.35. The van der Waals surface area contributed by atoms with Gasteiger partial charge in [-0.15, -0.1) is 0 Å². The normalized spacial score (nSPS) is 26.9. The van der Waals surface area contributed by atoms with Crippen LogP contribution in [-0.4, -0.2) is 35.4 Å². The van der Waals surface area contributed by atoms with E-state index in [9.17, 15) is 5.11 Å². The van der Waals surface area contributed by atoms with Gasteiger partial charge in [0.25, 0.3) is 0 Å². The molecule has 2 aliphatic rings. The van der Waals surface area contributed by atoms with Crippen LogP contribution in [-0.2, 0) is 0 Å². The molecular formula is C16H23NO3. The molecule has 0 aromatic heterocycles. The molecule has 1 fully saturated rings. The summed E-state index contributed by atoms with van der Waals surface area (Å²) in [5.74, 6) is 1.50. The summed E-state index contributed by atoms with van der Waals surface area (Å²) in [6, 6.07) is 6.87. The van der Waals surface area contributed by atoms with Crippen molar-refractivity contribution in [2.45, 2.75) is 51.3 Å². The van der Waals surface area contributed by atoms with Crippen molar-refractivity contribution < 1.29 is 14.6 Å². The van der Waals surface area contributed by atoms with Gasteiger partial charge in [-0.05, 0) is 43.9 Å². The topological polar surface area (TPSA) is 41.9 Å². The molecule has 4 nitrogen and oxygen atoms in total. The molecule has 1 N–H and O–H groups in total. The number of β-amino-alcohol motifs (C(OH)–C–C–N with tert-alkyl or cyclic N) is 1. The first-order chi connectivity index (χ1) is 9.69. The van der Waals surface area contributed by atoms with E-state index in [1.165, 1.54) is 12.8 Å². The number of aliphatic hydroxyl groups is 1. The lowest BCUT2D eigenvalue weighted by atomic mass is 10.1. The molecule has 3 rings (SSSR count). The van der Waals surface area contributed by atoms with Crippen LogP contribution in [0.1, 0.15) is 44.8 Å². The van der Waals surface area contributed by atoms with E-state index < -0.39 is 6.10 Å². The third kappa shape index (κ3) is 2.50. The number of hydrogen-bond acceptors (Lipinski definition) is 4. The maximum absolute atomic E-state index is 10.5. The second kappa shape index (κ2) is 5.62. The lowest BCUT2D eigenvalue weighted by molar-refractivity contribution is 0.0858. The molecule has 0 aliphatic carbocycles. The summed E-state index contributed by atoms with van der Waals surface area (Å²) in [6.07, 6.45) is 3.15. The molecule has 1 saturated heterocycles. The van der Waals surface area contributed by atoms with E-state index in [2.05, 4.69) is 18.7 Å². The fraction of sp³-hybridized carbons (Fsp3) is 0.625. The minimum absolute atomic E-state index is 0.274. The summed E-state index contributed by atoms with van der Waals surface area (Å²) in [7, 11) is 0. The van der Waals surface area contributed by atoms with Gasteiger partial charge in [0, 0.05) is 18.6 Å². The molecule has 4 heteroatoms. The first kappa shape index (κ1) is 13.7. The van der Waals surface area contributed by atoms with Crippen LogP contribution in [0.3, 0.4) is 0 Å². The average molecular weight is 277 g/mol. The summed E-state index contributed by atoms with van der Waals surface area (Å²) >= 11 is 0. The number of benzene rings is 1. The zero-order valence-corrected chi connectivity index (χ0v) is 12.2. The van der Waals surface area contributed by atoms with Crippen LogP contribution in [0.25, 0.3) is 0 Å². The molecule has 3 unspecified atom stereocenters. The predicted octanol–water partition coefficient (Wildman–Crippen LogP) is 2.71. The summed E-state index contributed by atoms with van der Waals surface area (Å²) in [5, 5.41) is 10.5. The van der Waals surface area contributed by atoms with Gasteiger partial charge in [0.05, 0.1) is 6.10 Å². The van der Waals surface area contributed by atoms with Crippen LogP contribution in [0.4, 0.5) is 0 Å². The Labute approximate surface area is 120 Å². The predicted molar refractivity (Wildman–Crippen MR) is 77.0 cm³/mol. The number of rotatable bonds is 4. The largest absolute Gasteiger partial charge is 0.454 e. The summed E-state index contributed by atoms with van der Waals surface area (Å²) in [5.41, 5.74) is 0.906. The van der Waals surface area contributed by atoms with Gasteiger partial charge >= 0.3 is 0 Å². The Morgan fingerprint density at radius 2 is 2.10 bits per heavy atom. The zero-order chi connectivity index (χ0) is 14.1. The molecule has 110 valence electrons. The third-order valence-electron chi connectivity index (χ3n) is 4.59. The molecule has 0 bridgehead atoms. The Morgan fingerprint density at radius 3 is 2.90 bits per heavy atom. The smallest absolute Gasteiger partial charge is 0.231 e.